The zero-order valence-corrected chi connectivity index (χ0v) is 15.8. The molecule has 2 aromatic carbocycles. The Morgan fingerprint density at radius 1 is 0.875 bits per heavy atom. The average Bonchev–Trinajstić information content (AvgIpc) is 2.62. The Kier molecular flexibility index (Phi) is 7.50. The van der Waals surface area contributed by atoms with E-state index in [1.165, 1.54) is 10.8 Å². The summed E-state index contributed by atoms with van der Waals surface area (Å²) in [5.41, 5.74) is 7.97. The Labute approximate surface area is 147 Å². The highest BCUT2D eigenvalue weighted by Crippen LogP contribution is 2.20. The molecule has 0 saturated heterocycles. The molecule has 2 N–H and O–H groups in total. The van der Waals surface area contributed by atoms with Gasteiger partial charge in [0.2, 0.25) is 0 Å². The van der Waals surface area contributed by atoms with Crippen molar-refractivity contribution in [2.45, 2.75) is 39.2 Å². The van der Waals surface area contributed by atoms with Crippen LogP contribution in [0.5, 0.6) is 0 Å². The normalized spacial score (nSPS) is 11.6. The maximum absolute atomic E-state index is 6.40. The largest absolute Gasteiger partial charge is 0.399 e. The summed E-state index contributed by atoms with van der Waals surface area (Å²) in [6.07, 6.45) is 2.91. The van der Waals surface area contributed by atoms with Crippen LogP contribution in [0.2, 0.25) is 6.04 Å². The number of hydrogen-bond donors (Lipinski definition) is 1. The molecule has 0 bridgehead atoms. The highest BCUT2D eigenvalue weighted by molar-refractivity contribution is 6.81. The van der Waals surface area contributed by atoms with Gasteiger partial charge in [-0.05, 0) is 48.2 Å². The van der Waals surface area contributed by atoms with Crippen LogP contribution in [0.25, 0.3) is 0 Å². The molecule has 0 radical (unpaired) electrons. The number of nitrogens with two attached hydrogens (primary N) is 1. The molecule has 2 rings (SSSR count). The fourth-order valence-corrected chi connectivity index (χ4v) is 6.16. The third kappa shape index (κ3) is 5.19. The second-order valence-electron chi connectivity index (χ2n) is 6.06. The SMILES string of the molecule is CCCO[Si](CCc1cccc(N)c1)(OCCC)c1ccccc1. The van der Waals surface area contributed by atoms with Gasteiger partial charge in [0, 0.05) is 18.9 Å². The Morgan fingerprint density at radius 3 is 2.12 bits per heavy atom. The molecule has 3 nitrogen and oxygen atoms in total. The molecule has 0 atom stereocenters. The van der Waals surface area contributed by atoms with E-state index in [1.54, 1.807) is 0 Å². The minimum atomic E-state index is -2.45. The third-order valence-corrected chi connectivity index (χ3v) is 7.45. The molecule has 0 aliphatic rings. The maximum Gasteiger partial charge on any atom is 0.372 e. The molecule has 0 amide bonds. The number of benzene rings is 2. The molecule has 0 unspecified atom stereocenters. The van der Waals surface area contributed by atoms with E-state index >= 15 is 0 Å². The molecule has 0 aliphatic carbocycles. The molecule has 0 spiro atoms. The molecular formula is C20H29NO2Si. The van der Waals surface area contributed by atoms with Gasteiger partial charge in [0.25, 0.3) is 0 Å². The predicted molar refractivity (Wildman–Crippen MR) is 104 cm³/mol. The van der Waals surface area contributed by atoms with E-state index in [1.807, 2.05) is 24.3 Å². The van der Waals surface area contributed by atoms with Crippen molar-refractivity contribution >= 4 is 19.4 Å². The third-order valence-electron chi connectivity index (χ3n) is 3.99. The first kappa shape index (κ1) is 18.7. The van der Waals surface area contributed by atoms with E-state index in [9.17, 15) is 0 Å². The molecular weight excluding hydrogens is 314 g/mol. The van der Waals surface area contributed by atoms with Crippen LogP contribution in [0.4, 0.5) is 5.69 Å². The highest BCUT2D eigenvalue weighted by atomic mass is 28.4. The lowest BCUT2D eigenvalue weighted by atomic mass is 10.1. The number of aryl methyl sites for hydroxylation is 1. The quantitative estimate of drug-likeness (QED) is 0.523. The Morgan fingerprint density at radius 2 is 1.54 bits per heavy atom. The van der Waals surface area contributed by atoms with Crippen molar-refractivity contribution in [3.8, 4) is 0 Å². The smallest absolute Gasteiger partial charge is 0.372 e. The Hall–Kier alpha value is -1.62. The second kappa shape index (κ2) is 9.62. The van der Waals surface area contributed by atoms with Crippen LogP contribution < -0.4 is 10.9 Å². The van der Waals surface area contributed by atoms with E-state index in [-0.39, 0.29) is 0 Å². The second-order valence-corrected chi connectivity index (χ2v) is 9.22. The van der Waals surface area contributed by atoms with Crippen molar-refractivity contribution in [2.24, 2.45) is 0 Å². The zero-order valence-electron chi connectivity index (χ0n) is 14.8. The first-order valence-corrected chi connectivity index (χ1v) is 10.9. The van der Waals surface area contributed by atoms with E-state index in [4.69, 9.17) is 14.6 Å². The maximum atomic E-state index is 6.40. The summed E-state index contributed by atoms with van der Waals surface area (Å²) in [5, 5.41) is 1.22. The molecule has 0 saturated carbocycles. The van der Waals surface area contributed by atoms with Crippen molar-refractivity contribution in [3.63, 3.8) is 0 Å². The van der Waals surface area contributed by atoms with E-state index in [0.717, 1.165) is 44.2 Å². The molecule has 0 fully saturated rings. The standard InChI is InChI=1S/C20H29NO2Si/c1-3-14-22-24(23-15-4-2,20-11-6-5-7-12-20)16-13-18-9-8-10-19(21)17-18/h5-12,17H,3-4,13-16,21H2,1-2H3. The van der Waals surface area contributed by atoms with Gasteiger partial charge in [-0.25, -0.2) is 0 Å². The van der Waals surface area contributed by atoms with Gasteiger partial charge in [0.15, 0.2) is 0 Å². The summed E-state index contributed by atoms with van der Waals surface area (Å²) in [4.78, 5) is 0. The van der Waals surface area contributed by atoms with Crippen molar-refractivity contribution in [2.75, 3.05) is 18.9 Å². The van der Waals surface area contributed by atoms with Crippen LogP contribution >= 0.6 is 0 Å². The van der Waals surface area contributed by atoms with Gasteiger partial charge < -0.3 is 14.6 Å². The van der Waals surface area contributed by atoms with Gasteiger partial charge >= 0.3 is 8.56 Å². The lowest BCUT2D eigenvalue weighted by Crippen LogP contribution is -2.54. The van der Waals surface area contributed by atoms with Gasteiger partial charge in [0.1, 0.15) is 0 Å². The summed E-state index contributed by atoms with van der Waals surface area (Å²) in [6.45, 7) is 5.76. The predicted octanol–water partition coefficient (Wildman–Crippen LogP) is 4.01. The molecule has 4 heteroatoms. The fourth-order valence-electron chi connectivity index (χ4n) is 2.78. The summed E-state index contributed by atoms with van der Waals surface area (Å²) in [6, 6.07) is 19.5. The van der Waals surface area contributed by atoms with Crippen molar-refractivity contribution in [3.05, 3.63) is 60.2 Å². The summed E-state index contributed by atoms with van der Waals surface area (Å²) in [7, 11) is -2.45. The van der Waals surface area contributed by atoms with Crippen molar-refractivity contribution in [1.29, 1.82) is 0 Å². The van der Waals surface area contributed by atoms with E-state index < -0.39 is 8.56 Å². The monoisotopic (exact) mass is 343 g/mol. The zero-order chi connectivity index (χ0) is 17.3. The Balaban J connectivity index is 2.25. The van der Waals surface area contributed by atoms with Gasteiger partial charge in [-0.15, -0.1) is 0 Å². The number of rotatable bonds is 10. The topological polar surface area (TPSA) is 44.5 Å². The van der Waals surface area contributed by atoms with Crippen LogP contribution in [0.1, 0.15) is 32.3 Å². The summed E-state index contributed by atoms with van der Waals surface area (Å²) >= 11 is 0. The van der Waals surface area contributed by atoms with E-state index in [2.05, 4.69) is 44.2 Å². The lowest BCUT2D eigenvalue weighted by Gasteiger charge is -2.31. The number of nitrogen functional groups attached to an aromatic ring is 1. The van der Waals surface area contributed by atoms with Gasteiger partial charge in [-0.2, -0.15) is 0 Å². The van der Waals surface area contributed by atoms with Gasteiger partial charge in [-0.1, -0.05) is 56.3 Å². The molecule has 0 aromatic heterocycles. The van der Waals surface area contributed by atoms with Gasteiger partial charge in [0.05, 0.1) is 0 Å². The van der Waals surface area contributed by atoms with Crippen LogP contribution in [0.3, 0.4) is 0 Å². The molecule has 24 heavy (non-hydrogen) atoms. The fraction of sp³-hybridized carbons (Fsp3) is 0.400. The van der Waals surface area contributed by atoms with Crippen LogP contribution in [0, 0.1) is 0 Å². The Bertz CT molecular complexity index is 596. The highest BCUT2D eigenvalue weighted by Gasteiger charge is 2.39. The van der Waals surface area contributed by atoms with Crippen LogP contribution in [0.15, 0.2) is 54.6 Å². The first-order chi connectivity index (χ1) is 11.7. The van der Waals surface area contributed by atoms with Crippen LogP contribution in [-0.2, 0) is 15.3 Å². The van der Waals surface area contributed by atoms with Crippen molar-refractivity contribution < 1.29 is 8.85 Å². The molecule has 0 aliphatic heterocycles. The first-order valence-electron chi connectivity index (χ1n) is 8.88. The molecule has 2 aromatic rings. The minimum absolute atomic E-state index is 0.738. The summed E-state index contributed by atoms with van der Waals surface area (Å²) < 4.78 is 12.8. The lowest BCUT2D eigenvalue weighted by molar-refractivity contribution is 0.179. The minimum Gasteiger partial charge on any atom is -0.399 e. The van der Waals surface area contributed by atoms with Crippen LogP contribution in [-0.4, -0.2) is 21.8 Å². The number of hydrogen-bond acceptors (Lipinski definition) is 3. The van der Waals surface area contributed by atoms with E-state index in [0.29, 0.717) is 0 Å². The molecule has 0 heterocycles. The average molecular weight is 344 g/mol. The van der Waals surface area contributed by atoms with Crippen molar-refractivity contribution in [1.82, 2.24) is 0 Å². The van der Waals surface area contributed by atoms with Gasteiger partial charge in [-0.3, -0.25) is 0 Å². The summed E-state index contributed by atoms with van der Waals surface area (Å²) in [5.74, 6) is 0. The number of anilines is 1. The molecule has 130 valence electrons.